The molecule has 0 atom stereocenters. The van der Waals surface area contributed by atoms with Gasteiger partial charge in [-0.25, -0.2) is 0 Å². The Morgan fingerprint density at radius 1 is 1.00 bits per heavy atom. The van der Waals surface area contributed by atoms with Crippen LogP contribution in [0.25, 0.3) is 11.0 Å². The Morgan fingerprint density at radius 3 is 2.40 bits per heavy atom. The lowest BCUT2D eigenvalue weighted by atomic mass is 10.2. The van der Waals surface area contributed by atoms with Gasteiger partial charge in [-0.1, -0.05) is 22.8 Å². The van der Waals surface area contributed by atoms with E-state index in [1.807, 2.05) is 0 Å². The smallest absolute Gasteiger partial charge is 0.422 e. The number of hydrogen-bond acceptors (Lipinski definition) is 6. The Morgan fingerprint density at radius 2 is 1.70 bits per heavy atom. The number of benzene rings is 2. The third kappa shape index (κ3) is 6.02. The summed E-state index contributed by atoms with van der Waals surface area (Å²) < 4.78 is 91.8. The van der Waals surface area contributed by atoms with Crippen LogP contribution in [0.5, 0.6) is 11.5 Å². The van der Waals surface area contributed by atoms with E-state index in [9.17, 15) is 26.3 Å². The van der Waals surface area contributed by atoms with Crippen molar-refractivity contribution in [3.63, 3.8) is 0 Å². The number of alkyl halides is 6. The van der Waals surface area contributed by atoms with Crippen molar-refractivity contribution in [1.29, 1.82) is 0 Å². The summed E-state index contributed by atoms with van der Waals surface area (Å²) >= 11 is 6.84. The van der Waals surface area contributed by atoms with E-state index in [1.165, 1.54) is 0 Å². The second-order valence-corrected chi connectivity index (χ2v) is 7.02. The maximum absolute atomic E-state index is 12.5. The highest BCUT2D eigenvalue weighted by atomic mass is 35.5. The van der Waals surface area contributed by atoms with Crippen LogP contribution in [0.2, 0.25) is 5.02 Å². The molecule has 0 bridgehead atoms. The summed E-state index contributed by atoms with van der Waals surface area (Å²) in [7, 11) is 0. The minimum atomic E-state index is -4.60. The lowest BCUT2D eigenvalue weighted by Crippen LogP contribution is -2.20. The Labute approximate surface area is 174 Å². The molecule has 5 nitrogen and oxygen atoms in total. The average molecular weight is 473 g/mol. The Hall–Kier alpha value is -2.47. The van der Waals surface area contributed by atoms with Crippen LogP contribution in [0, 0.1) is 0 Å². The number of rotatable bonds is 7. The summed E-state index contributed by atoms with van der Waals surface area (Å²) in [6, 6.07) is 8.09. The maximum atomic E-state index is 12.5. The molecule has 0 aliphatic rings. The van der Waals surface area contributed by atoms with Crippen LogP contribution in [0.1, 0.15) is 0 Å². The molecular formula is C17H11ClF6N2O3S. The molecule has 0 aliphatic heterocycles. The predicted octanol–water partition coefficient (Wildman–Crippen LogP) is 6.48. The van der Waals surface area contributed by atoms with E-state index in [1.54, 1.807) is 18.2 Å². The summed E-state index contributed by atoms with van der Waals surface area (Å²) in [6.07, 6.45) is -9.18. The zero-order valence-corrected chi connectivity index (χ0v) is 16.2. The van der Waals surface area contributed by atoms with Gasteiger partial charge in [0.25, 0.3) is 0 Å². The molecule has 0 spiro atoms. The van der Waals surface area contributed by atoms with Gasteiger partial charge in [0.2, 0.25) is 0 Å². The Kier molecular flexibility index (Phi) is 6.46. The minimum Gasteiger partial charge on any atom is -0.484 e. The van der Waals surface area contributed by atoms with Gasteiger partial charge < -0.3 is 18.7 Å². The van der Waals surface area contributed by atoms with E-state index in [-0.39, 0.29) is 22.2 Å². The van der Waals surface area contributed by atoms with Crippen molar-refractivity contribution in [2.75, 3.05) is 17.9 Å². The quantitative estimate of drug-likeness (QED) is 0.313. The van der Waals surface area contributed by atoms with E-state index in [4.69, 9.17) is 20.9 Å². The van der Waals surface area contributed by atoms with Crippen molar-refractivity contribution < 1.29 is 40.3 Å². The number of nitrogens with one attached hydrogen (secondary N) is 1. The first-order chi connectivity index (χ1) is 14.0. The molecule has 0 fully saturated rings. The topological polar surface area (TPSA) is 56.5 Å². The second-order valence-electron chi connectivity index (χ2n) is 5.76. The monoisotopic (exact) mass is 472 g/mol. The molecule has 0 amide bonds. The fourth-order valence-electron chi connectivity index (χ4n) is 2.23. The van der Waals surface area contributed by atoms with Crippen LogP contribution in [-0.4, -0.2) is 30.7 Å². The van der Waals surface area contributed by atoms with Gasteiger partial charge in [0, 0.05) is 0 Å². The van der Waals surface area contributed by atoms with E-state index < -0.39 is 25.6 Å². The molecule has 13 heteroatoms. The first-order valence-corrected chi connectivity index (χ1v) is 9.21. The number of ether oxygens (including phenoxy) is 2. The maximum Gasteiger partial charge on any atom is 0.422 e. The third-order valence-corrected chi connectivity index (χ3v) is 4.56. The molecule has 0 unspecified atom stereocenters. The number of hydrogen-bond donors (Lipinski definition) is 1. The van der Waals surface area contributed by atoms with Gasteiger partial charge in [-0.2, -0.15) is 26.3 Å². The lowest BCUT2D eigenvalue weighted by molar-refractivity contribution is -0.154. The number of aromatic nitrogens is 1. The number of nitrogens with zero attached hydrogens (tertiary/aromatic N) is 1. The molecule has 0 aliphatic carbocycles. The van der Waals surface area contributed by atoms with Crippen molar-refractivity contribution >= 4 is 40.3 Å². The van der Waals surface area contributed by atoms with Crippen LogP contribution in [0.15, 0.2) is 45.8 Å². The van der Waals surface area contributed by atoms with Gasteiger partial charge in [-0.05, 0) is 42.3 Å². The predicted molar refractivity (Wildman–Crippen MR) is 98.0 cm³/mol. The van der Waals surface area contributed by atoms with Crippen molar-refractivity contribution in [2.24, 2.45) is 0 Å². The van der Waals surface area contributed by atoms with Gasteiger partial charge >= 0.3 is 12.4 Å². The van der Waals surface area contributed by atoms with Gasteiger partial charge in [0.05, 0.1) is 15.3 Å². The summed E-state index contributed by atoms with van der Waals surface area (Å²) in [4.78, 5) is 0.0297. The highest BCUT2D eigenvalue weighted by Gasteiger charge is 2.30. The van der Waals surface area contributed by atoms with Gasteiger partial charge in [-0.3, -0.25) is 0 Å². The van der Waals surface area contributed by atoms with E-state index >= 15 is 0 Å². The van der Waals surface area contributed by atoms with E-state index in [0.29, 0.717) is 16.0 Å². The molecule has 3 rings (SSSR count). The summed E-state index contributed by atoms with van der Waals surface area (Å²) in [5.41, 5.74) is 0.362. The van der Waals surface area contributed by atoms with Gasteiger partial charge in [0.1, 0.15) is 11.5 Å². The van der Waals surface area contributed by atoms with Crippen molar-refractivity contribution in [2.45, 2.75) is 17.2 Å². The Bertz CT molecular complexity index is 1020. The van der Waals surface area contributed by atoms with Crippen LogP contribution < -0.4 is 14.2 Å². The largest absolute Gasteiger partial charge is 0.484 e. The van der Waals surface area contributed by atoms with Crippen molar-refractivity contribution in [3.05, 3.63) is 41.4 Å². The second kappa shape index (κ2) is 8.72. The molecule has 30 heavy (non-hydrogen) atoms. The van der Waals surface area contributed by atoms with E-state index in [2.05, 4.69) is 14.6 Å². The molecule has 1 heterocycles. The zero-order chi connectivity index (χ0) is 21.9. The van der Waals surface area contributed by atoms with Crippen molar-refractivity contribution in [1.82, 2.24) is 5.16 Å². The fourth-order valence-corrected chi connectivity index (χ4v) is 3.23. The summed E-state index contributed by atoms with van der Waals surface area (Å²) in [6.45, 7) is -3.14. The first-order valence-electron chi connectivity index (χ1n) is 8.02. The molecule has 0 saturated heterocycles. The molecule has 0 saturated carbocycles. The molecule has 1 N–H and O–H groups in total. The average Bonchev–Trinajstić information content (AvgIpc) is 3.07. The molecule has 2 aromatic carbocycles. The third-order valence-electron chi connectivity index (χ3n) is 3.41. The first kappa shape index (κ1) is 22.2. The highest BCUT2D eigenvalue weighted by Crippen LogP contribution is 2.37. The van der Waals surface area contributed by atoms with Crippen LogP contribution >= 0.6 is 23.5 Å². The van der Waals surface area contributed by atoms with Gasteiger partial charge in [0.15, 0.2) is 24.6 Å². The van der Waals surface area contributed by atoms with E-state index in [0.717, 1.165) is 30.1 Å². The molecule has 0 radical (unpaired) electrons. The van der Waals surface area contributed by atoms with Crippen LogP contribution in [-0.2, 0) is 0 Å². The zero-order valence-electron chi connectivity index (χ0n) is 14.6. The summed E-state index contributed by atoms with van der Waals surface area (Å²) in [5.74, 6) is -0.258. The minimum absolute atomic E-state index is 0.0297. The molecular weight excluding hydrogens is 462 g/mol. The van der Waals surface area contributed by atoms with Crippen molar-refractivity contribution in [3.8, 4) is 11.5 Å². The molecule has 1 aromatic heterocycles. The standard InChI is InChI=1S/C17H11ClF6N2O3S/c18-10-2-1-3-12-14(10)15(25-29-12)26-30-13-6-9(27-7-16(19,20)21)4-5-11(13)28-8-17(22,23)24/h1-6H,7-8H2,(H,25,26). The number of halogens is 7. The van der Waals surface area contributed by atoms with Crippen LogP contribution in [0.3, 0.4) is 0 Å². The number of anilines is 1. The van der Waals surface area contributed by atoms with Crippen LogP contribution in [0.4, 0.5) is 32.2 Å². The fraction of sp³-hybridized carbons (Fsp3) is 0.235. The molecule has 162 valence electrons. The Balaban J connectivity index is 1.83. The molecule has 3 aromatic rings. The number of fused-ring (bicyclic) bond motifs is 1. The summed E-state index contributed by atoms with van der Waals surface area (Å²) in [5, 5.41) is 4.52. The normalized spacial score (nSPS) is 12.2. The highest BCUT2D eigenvalue weighted by molar-refractivity contribution is 8.00. The lowest BCUT2D eigenvalue weighted by Gasteiger charge is -2.15. The SMILES string of the molecule is FC(F)(F)COc1ccc(OCC(F)(F)F)c(SNc2noc3cccc(Cl)c23)c1. The van der Waals surface area contributed by atoms with Gasteiger partial charge in [-0.15, -0.1) is 0 Å².